The standard InChI is InChI=1S/C26H30N6O4/c1-30(24(34)16-31-10-2-3-11-31)19-5-7-20(8-6-19)32-15-17(12-23(32)33)14-28-26(35)18-4-9-22-21(13-18)25(27)29-36-22/h4-9,13,17H,2-3,10-12,14-16H2,1H3,(H2,27,29)(H,28,35). The van der Waals surface area contributed by atoms with Gasteiger partial charge in [0.25, 0.3) is 5.91 Å². The highest BCUT2D eigenvalue weighted by Gasteiger charge is 2.31. The van der Waals surface area contributed by atoms with Crippen molar-refractivity contribution in [3.63, 3.8) is 0 Å². The molecule has 2 aliphatic rings. The number of likely N-dealkylation sites (N-methyl/N-ethyl adjacent to an activating group) is 1. The number of rotatable bonds is 7. The monoisotopic (exact) mass is 490 g/mol. The number of carbonyl (C=O) groups is 3. The molecule has 0 aliphatic carbocycles. The molecule has 1 aromatic heterocycles. The van der Waals surface area contributed by atoms with Crippen molar-refractivity contribution < 1.29 is 18.9 Å². The van der Waals surface area contributed by atoms with Gasteiger partial charge in [-0.05, 0) is 68.4 Å². The van der Waals surface area contributed by atoms with Crippen LogP contribution >= 0.6 is 0 Å². The van der Waals surface area contributed by atoms with Gasteiger partial charge in [-0.1, -0.05) is 5.16 Å². The van der Waals surface area contributed by atoms with E-state index in [0.717, 1.165) is 37.3 Å². The van der Waals surface area contributed by atoms with Crippen LogP contribution in [0.3, 0.4) is 0 Å². The maximum Gasteiger partial charge on any atom is 0.251 e. The highest BCUT2D eigenvalue weighted by molar-refractivity contribution is 6.00. The van der Waals surface area contributed by atoms with Gasteiger partial charge in [-0.15, -0.1) is 0 Å². The Labute approximate surface area is 209 Å². The van der Waals surface area contributed by atoms with Gasteiger partial charge in [0.2, 0.25) is 11.8 Å². The number of nitrogens with zero attached hydrogens (tertiary/aromatic N) is 4. The van der Waals surface area contributed by atoms with Gasteiger partial charge in [0.05, 0.1) is 11.9 Å². The van der Waals surface area contributed by atoms with Crippen molar-refractivity contribution in [3.05, 3.63) is 48.0 Å². The van der Waals surface area contributed by atoms with E-state index >= 15 is 0 Å². The van der Waals surface area contributed by atoms with Crippen LogP contribution in [0.1, 0.15) is 29.6 Å². The zero-order chi connectivity index (χ0) is 25.2. The van der Waals surface area contributed by atoms with Crippen LogP contribution in [0.4, 0.5) is 17.2 Å². The maximum atomic E-state index is 12.7. The molecule has 0 radical (unpaired) electrons. The van der Waals surface area contributed by atoms with Crippen molar-refractivity contribution in [1.29, 1.82) is 0 Å². The number of hydrogen-bond acceptors (Lipinski definition) is 7. The highest BCUT2D eigenvalue weighted by atomic mass is 16.5. The second-order valence-electron chi connectivity index (χ2n) is 9.52. The summed E-state index contributed by atoms with van der Waals surface area (Å²) >= 11 is 0. The Morgan fingerprint density at radius 1 is 1.17 bits per heavy atom. The van der Waals surface area contributed by atoms with Crippen molar-refractivity contribution in [2.75, 3.05) is 55.3 Å². The van der Waals surface area contributed by atoms with Crippen LogP contribution in [0.25, 0.3) is 11.0 Å². The summed E-state index contributed by atoms with van der Waals surface area (Å²) in [6.45, 7) is 3.27. The fourth-order valence-corrected chi connectivity index (χ4v) is 4.84. The summed E-state index contributed by atoms with van der Waals surface area (Å²) in [4.78, 5) is 43.5. The molecule has 2 aliphatic heterocycles. The molecule has 3 aromatic rings. The van der Waals surface area contributed by atoms with E-state index in [1.54, 1.807) is 35.0 Å². The second kappa shape index (κ2) is 9.98. The molecule has 2 saturated heterocycles. The highest BCUT2D eigenvalue weighted by Crippen LogP contribution is 2.27. The SMILES string of the molecule is CN(C(=O)CN1CCCC1)c1ccc(N2CC(CNC(=O)c3ccc4onc(N)c4c3)CC2=O)cc1. The summed E-state index contributed by atoms with van der Waals surface area (Å²) < 4.78 is 5.08. The predicted octanol–water partition coefficient (Wildman–Crippen LogP) is 2.25. The molecule has 36 heavy (non-hydrogen) atoms. The third-order valence-corrected chi connectivity index (χ3v) is 7.00. The van der Waals surface area contributed by atoms with E-state index in [0.29, 0.717) is 42.6 Å². The van der Waals surface area contributed by atoms with Crippen LogP contribution in [0.5, 0.6) is 0 Å². The number of nitrogens with two attached hydrogens (primary N) is 1. The van der Waals surface area contributed by atoms with E-state index in [2.05, 4.69) is 15.4 Å². The van der Waals surface area contributed by atoms with Crippen molar-refractivity contribution >= 4 is 45.9 Å². The van der Waals surface area contributed by atoms with Gasteiger partial charge in [-0.2, -0.15) is 0 Å². The zero-order valence-corrected chi connectivity index (χ0v) is 20.3. The molecule has 1 atom stereocenters. The first-order chi connectivity index (χ1) is 17.4. The van der Waals surface area contributed by atoms with E-state index in [1.165, 1.54) is 0 Å². The Bertz CT molecular complexity index is 1280. The lowest BCUT2D eigenvalue weighted by Crippen LogP contribution is -2.37. The van der Waals surface area contributed by atoms with Crippen molar-refractivity contribution in [2.24, 2.45) is 5.92 Å². The van der Waals surface area contributed by atoms with Crippen LogP contribution in [0.2, 0.25) is 0 Å². The van der Waals surface area contributed by atoms with Crippen LogP contribution in [-0.4, -0.2) is 67.5 Å². The third kappa shape index (κ3) is 4.90. The molecule has 10 heteroatoms. The van der Waals surface area contributed by atoms with Gasteiger partial charge in [0.1, 0.15) is 0 Å². The Balaban J connectivity index is 1.16. The Morgan fingerprint density at radius 3 is 2.67 bits per heavy atom. The number of fused-ring (bicyclic) bond motifs is 1. The van der Waals surface area contributed by atoms with Crippen LogP contribution in [0, 0.1) is 5.92 Å². The van der Waals surface area contributed by atoms with Crippen molar-refractivity contribution in [3.8, 4) is 0 Å². The molecular formula is C26H30N6O4. The van der Waals surface area contributed by atoms with E-state index in [1.807, 2.05) is 24.3 Å². The predicted molar refractivity (Wildman–Crippen MR) is 137 cm³/mol. The molecule has 5 rings (SSSR count). The minimum absolute atomic E-state index is 0.00442. The topological polar surface area (TPSA) is 125 Å². The molecule has 10 nitrogen and oxygen atoms in total. The van der Waals surface area contributed by atoms with Gasteiger partial charge in [-0.3, -0.25) is 19.3 Å². The molecule has 3 N–H and O–H groups in total. The van der Waals surface area contributed by atoms with Gasteiger partial charge in [-0.25, -0.2) is 0 Å². The number of likely N-dealkylation sites (tertiary alicyclic amines) is 1. The second-order valence-corrected chi connectivity index (χ2v) is 9.52. The van der Waals surface area contributed by atoms with Crippen molar-refractivity contribution in [2.45, 2.75) is 19.3 Å². The normalized spacial score (nSPS) is 18.2. The van der Waals surface area contributed by atoms with Crippen LogP contribution < -0.4 is 20.9 Å². The minimum Gasteiger partial charge on any atom is -0.380 e. The molecule has 3 amide bonds. The molecule has 2 fully saturated rings. The fourth-order valence-electron chi connectivity index (χ4n) is 4.84. The van der Waals surface area contributed by atoms with Gasteiger partial charge in [0.15, 0.2) is 11.4 Å². The fraction of sp³-hybridized carbons (Fsp3) is 0.385. The number of nitrogens with one attached hydrogen (secondary N) is 1. The first kappa shape index (κ1) is 23.8. The Hall–Kier alpha value is -3.92. The molecule has 188 valence electrons. The summed E-state index contributed by atoms with van der Waals surface area (Å²) in [6.07, 6.45) is 2.65. The molecule has 2 aromatic carbocycles. The smallest absolute Gasteiger partial charge is 0.251 e. The van der Waals surface area contributed by atoms with Gasteiger partial charge >= 0.3 is 0 Å². The summed E-state index contributed by atoms with van der Waals surface area (Å²) in [7, 11) is 1.78. The Kier molecular flexibility index (Phi) is 6.60. The molecule has 3 heterocycles. The van der Waals surface area contributed by atoms with E-state index in [4.69, 9.17) is 10.3 Å². The summed E-state index contributed by atoms with van der Waals surface area (Å²) in [5, 5.41) is 7.21. The lowest BCUT2D eigenvalue weighted by atomic mass is 10.1. The van der Waals surface area contributed by atoms with E-state index in [-0.39, 0.29) is 29.5 Å². The maximum absolute atomic E-state index is 12.7. The third-order valence-electron chi connectivity index (χ3n) is 7.00. The number of benzene rings is 2. The zero-order valence-electron chi connectivity index (χ0n) is 20.3. The lowest BCUT2D eigenvalue weighted by Gasteiger charge is -2.22. The van der Waals surface area contributed by atoms with Crippen molar-refractivity contribution in [1.82, 2.24) is 15.4 Å². The quantitative estimate of drug-likeness (QED) is 0.520. The largest absolute Gasteiger partial charge is 0.380 e. The average Bonchev–Trinajstić information content (AvgIpc) is 3.63. The summed E-state index contributed by atoms with van der Waals surface area (Å²) in [5.74, 6) is 0.0668. The Morgan fingerprint density at radius 2 is 1.92 bits per heavy atom. The molecule has 1 unspecified atom stereocenters. The summed E-state index contributed by atoms with van der Waals surface area (Å²) in [5.41, 5.74) is 8.33. The number of anilines is 3. The van der Waals surface area contributed by atoms with E-state index in [9.17, 15) is 14.4 Å². The number of hydrogen-bond donors (Lipinski definition) is 2. The molecule has 0 spiro atoms. The van der Waals surface area contributed by atoms with Crippen LogP contribution in [-0.2, 0) is 9.59 Å². The average molecular weight is 491 g/mol. The number of nitrogen functional groups attached to an aromatic ring is 1. The summed E-state index contributed by atoms with van der Waals surface area (Å²) in [6, 6.07) is 12.4. The van der Waals surface area contributed by atoms with Gasteiger partial charge in [0, 0.05) is 49.4 Å². The molecule has 0 saturated carbocycles. The number of amides is 3. The lowest BCUT2D eigenvalue weighted by molar-refractivity contribution is -0.119. The molecular weight excluding hydrogens is 460 g/mol. The minimum atomic E-state index is -0.241. The van der Waals surface area contributed by atoms with E-state index < -0.39 is 0 Å². The number of carbonyl (C=O) groups excluding carboxylic acids is 3. The van der Waals surface area contributed by atoms with Crippen LogP contribution in [0.15, 0.2) is 47.0 Å². The number of aromatic nitrogens is 1. The first-order valence-corrected chi connectivity index (χ1v) is 12.2. The first-order valence-electron chi connectivity index (χ1n) is 12.2. The van der Waals surface area contributed by atoms with Gasteiger partial charge < -0.3 is 25.4 Å². The molecule has 0 bridgehead atoms.